The molecule has 1 saturated heterocycles. The van der Waals surface area contributed by atoms with Crippen molar-refractivity contribution < 1.29 is 9.84 Å². The molecule has 2 rings (SSSR count). The number of allylic oxidation sites excluding steroid dienone is 2. The standard InChI is InChI=1S/C12H21NO2/c13-8-12(6-7-15-9-12)11(14)10-4-2-1-3-5-10/h1-2,10-11,14H,3-9,13H2. The first-order chi connectivity index (χ1) is 7.28. The maximum atomic E-state index is 10.4. The van der Waals surface area contributed by atoms with E-state index in [-0.39, 0.29) is 11.5 Å². The number of nitrogens with two attached hydrogens (primary N) is 1. The summed E-state index contributed by atoms with van der Waals surface area (Å²) in [6.07, 6.45) is 8.15. The molecule has 86 valence electrons. The van der Waals surface area contributed by atoms with Gasteiger partial charge in [-0.1, -0.05) is 12.2 Å². The molecule has 0 radical (unpaired) electrons. The Hall–Kier alpha value is -0.380. The molecular weight excluding hydrogens is 190 g/mol. The number of rotatable bonds is 3. The Kier molecular flexibility index (Phi) is 3.44. The molecule has 0 aromatic heterocycles. The summed E-state index contributed by atoms with van der Waals surface area (Å²) in [5, 5.41) is 10.4. The second-order valence-corrected chi connectivity index (χ2v) is 4.86. The molecule has 1 heterocycles. The van der Waals surface area contributed by atoms with Crippen LogP contribution in [0.4, 0.5) is 0 Å². The van der Waals surface area contributed by atoms with Gasteiger partial charge in [0, 0.05) is 18.6 Å². The summed E-state index contributed by atoms with van der Waals surface area (Å²) in [6, 6.07) is 0. The lowest BCUT2D eigenvalue weighted by Crippen LogP contribution is -2.46. The first kappa shape index (κ1) is 11.1. The molecule has 1 fully saturated rings. The van der Waals surface area contributed by atoms with Crippen LogP contribution in [0.2, 0.25) is 0 Å². The van der Waals surface area contributed by atoms with E-state index in [2.05, 4.69) is 12.2 Å². The van der Waals surface area contributed by atoms with E-state index in [1.54, 1.807) is 0 Å². The van der Waals surface area contributed by atoms with Crippen LogP contribution in [-0.4, -0.2) is 31.0 Å². The van der Waals surface area contributed by atoms with Crippen LogP contribution in [0.3, 0.4) is 0 Å². The maximum absolute atomic E-state index is 10.4. The highest BCUT2D eigenvalue weighted by molar-refractivity contribution is 4.99. The molecule has 3 N–H and O–H groups in total. The van der Waals surface area contributed by atoms with Crippen molar-refractivity contribution in [2.45, 2.75) is 31.8 Å². The van der Waals surface area contributed by atoms with Crippen LogP contribution in [0.25, 0.3) is 0 Å². The van der Waals surface area contributed by atoms with Crippen molar-refractivity contribution in [3.05, 3.63) is 12.2 Å². The molecule has 0 saturated carbocycles. The Labute approximate surface area is 91.3 Å². The number of aliphatic hydroxyl groups is 1. The molecule has 1 aliphatic carbocycles. The van der Waals surface area contributed by atoms with E-state index in [4.69, 9.17) is 10.5 Å². The van der Waals surface area contributed by atoms with Gasteiger partial charge in [-0.25, -0.2) is 0 Å². The summed E-state index contributed by atoms with van der Waals surface area (Å²) in [5.41, 5.74) is 5.65. The Morgan fingerprint density at radius 2 is 2.40 bits per heavy atom. The molecule has 0 amide bonds. The van der Waals surface area contributed by atoms with Crippen molar-refractivity contribution >= 4 is 0 Å². The lowest BCUT2D eigenvalue weighted by atomic mass is 9.72. The quantitative estimate of drug-likeness (QED) is 0.687. The molecule has 15 heavy (non-hydrogen) atoms. The third-order valence-corrected chi connectivity index (χ3v) is 3.92. The smallest absolute Gasteiger partial charge is 0.0662 e. The Bertz CT molecular complexity index is 234. The molecule has 3 heteroatoms. The minimum atomic E-state index is -0.296. The van der Waals surface area contributed by atoms with Gasteiger partial charge in [-0.3, -0.25) is 0 Å². The van der Waals surface area contributed by atoms with Crippen molar-refractivity contribution in [2.75, 3.05) is 19.8 Å². The number of ether oxygens (including phenoxy) is 1. The van der Waals surface area contributed by atoms with Gasteiger partial charge in [0.1, 0.15) is 0 Å². The largest absolute Gasteiger partial charge is 0.392 e. The molecule has 0 aromatic rings. The summed E-state index contributed by atoms with van der Waals surface area (Å²) < 4.78 is 5.41. The van der Waals surface area contributed by atoms with Gasteiger partial charge in [-0.05, 0) is 31.6 Å². The predicted octanol–water partition coefficient (Wildman–Crippen LogP) is 1.07. The molecule has 2 aliphatic rings. The molecule has 1 aliphatic heterocycles. The topological polar surface area (TPSA) is 55.5 Å². The molecule has 0 bridgehead atoms. The molecule has 3 atom stereocenters. The molecular formula is C12H21NO2. The summed E-state index contributed by atoms with van der Waals surface area (Å²) in [4.78, 5) is 0. The highest BCUT2D eigenvalue weighted by atomic mass is 16.5. The third-order valence-electron chi connectivity index (χ3n) is 3.92. The second kappa shape index (κ2) is 4.64. The van der Waals surface area contributed by atoms with Crippen molar-refractivity contribution in [3.63, 3.8) is 0 Å². The minimum Gasteiger partial charge on any atom is -0.392 e. The van der Waals surface area contributed by atoms with Crippen LogP contribution in [0, 0.1) is 11.3 Å². The monoisotopic (exact) mass is 211 g/mol. The second-order valence-electron chi connectivity index (χ2n) is 4.86. The zero-order valence-corrected chi connectivity index (χ0v) is 9.19. The van der Waals surface area contributed by atoms with Gasteiger partial charge in [0.25, 0.3) is 0 Å². The van der Waals surface area contributed by atoms with Crippen molar-refractivity contribution in [1.29, 1.82) is 0 Å². The van der Waals surface area contributed by atoms with Gasteiger partial charge in [-0.2, -0.15) is 0 Å². The van der Waals surface area contributed by atoms with Crippen LogP contribution in [0.5, 0.6) is 0 Å². The minimum absolute atomic E-state index is 0.171. The maximum Gasteiger partial charge on any atom is 0.0662 e. The number of hydrogen-bond acceptors (Lipinski definition) is 3. The van der Waals surface area contributed by atoms with E-state index in [1.165, 1.54) is 0 Å². The predicted molar refractivity (Wildman–Crippen MR) is 59.4 cm³/mol. The van der Waals surface area contributed by atoms with Crippen LogP contribution in [0.1, 0.15) is 25.7 Å². The SMILES string of the molecule is NCC1(C(O)C2CC=CCC2)CCOC1. The van der Waals surface area contributed by atoms with Gasteiger partial charge in [0.15, 0.2) is 0 Å². The fourth-order valence-corrected chi connectivity index (χ4v) is 2.74. The molecule has 0 aromatic carbocycles. The van der Waals surface area contributed by atoms with E-state index >= 15 is 0 Å². The first-order valence-corrected chi connectivity index (χ1v) is 5.89. The lowest BCUT2D eigenvalue weighted by Gasteiger charge is -2.37. The van der Waals surface area contributed by atoms with E-state index in [0.29, 0.717) is 19.1 Å². The Morgan fingerprint density at radius 1 is 1.53 bits per heavy atom. The molecule has 3 nitrogen and oxygen atoms in total. The Morgan fingerprint density at radius 3 is 2.93 bits per heavy atom. The van der Waals surface area contributed by atoms with Gasteiger partial charge < -0.3 is 15.6 Å². The third kappa shape index (κ3) is 2.10. The number of hydrogen-bond donors (Lipinski definition) is 2. The summed E-state index contributed by atoms with van der Waals surface area (Å²) in [6.45, 7) is 1.91. The van der Waals surface area contributed by atoms with Gasteiger partial charge >= 0.3 is 0 Å². The van der Waals surface area contributed by atoms with Crippen LogP contribution in [0.15, 0.2) is 12.2 Å². The highest BCUT2D eigenvalue weighted by Crippen LogP contribution is 2.38. The van der Waals surface area contributed by atoms with E-state index < -0.39 is 0 Å². The average molecular weight is 211 g/mol. The van der Waals surface area contributed by atoms with Crippen molar-refractivity contribution in [2.24, 2.45) is 17.1 Å². The summed E-state index contributed by atoms with van der Waals surface area (Å²) in [7, 11) is 0. The van der Waals surface area contributed by atoms with Gasteiger partial charge in [-0.15, -0.1) is 0 Å². The Balaban J connectivity index is 2.03. The lowest BCUT2D eigenvalue weighted by molar-refractivity contribution is -0.0226. The first-order valence-electron chi connectivity index (χ1n) is 5.89. The van der Waals surface area contributed by atoms with Crippen LogP contribution < -0.4 is 5.73 Å². The average Bonchev–Trinajstić information content (AvgIpc) is 2.79. The highest BCUT2D eigenvalue weighted by Gasteiger charge is 2.43. The normalized spacial score (nSPS) is 38.1. The van der Waals surface area contributed by atoms with Crippen molar-refractivity contribution in [3.8, 4) is 0 Å². The number of aliphatic hydroxyl groups excluding tert-OH is 1. The van der Waals surface area contributed by atoms with Crippen LogP contribution in [-0.2, 0) is 4.74 Å². The van der Waals surface area contributed by atoms with Gasteiger partial charge in [0.05, 0.1) is 12.7 Å². The summed E-state index contributed by atoms with van der Waals surface area (Å²) in [5.74, 6) is 0.375. The van der Waals surface area contributed by atoms with E-state index in [9.17, 15) is 5.11 Å². The van der Waals surface area contributed by atoms with E-state index in [0.717, 1.165) is 32.3 Å². The molecule has 3 unspecified atom stereocenters. The van der Waals surface area contributed by atoms with E-state index in [1.807, 2.05) is 0 Å². The zero-order chi connectivity index (χ0) is 10.7. The zero-order valence-electron chi connectivity index (χ0n) is 9.19. The molecule has 0 spiro atoms. The van der Waals surface area contributed by atoms with Gasteiger partial charge in [0.2, 0.25) is 0 Å². The fourth-order valence-electron chi connectivity index (χ4n) is 2.74. The van der Waals surface area contributed by atoms with Crippen LogP contribution >= 0.6 is 0 Å². The fraction of sp³-hybridized carbons (Fsp3) is 0.833. The summed E-state index contributed by atoms with van der Waals surface area (Å²) >= 11 is 0. The van der Waals surface area contributed by atoms with Crippen molar-refractivity contribution in [1.82, 2.24) is 0 Å².